The van der Waals surface area contributed by atoms with Gasteiger partial charge in [-0.25, -0.2) is 4.68 Å². The lowest BCUT2D eigenvalue weighted by Crippen LogP contribution is -2.40. The molecule has 0 spiro atoms. The highest BCUT2D eigenvalue weighted by molar-refractivity contribution is 7.99. The molecule has 0 radical (unpaired) electrons. The van der Waals surface area contributed by atoms with E-state index in [0.717, 1.165) is 37.6 Å². The van der Waals surface area contributed by atoms with Gasteiger partial charge in [-0.2, -0.15) is 0 Å². The number of aromatic nitrogens is 4. The van der Waals surface area contributed by atoms with Gasteiger partial charge >= 0.3 is 0 Å². The van der Waals surface area contributed by atoms with Crippen molar-refractivity contribution in [3.63, 3.8) is 0 Å². The van der Waals surface area contributed by atoms with Crippen LogP contribution in [0.3, 0.4) is 0 Å². The van der Waals surface area contributed by atoms with Crippen molar-refractivity contribution in [3.05, 3.63) is 22.4 Å². The maximum Gasteiger partial charge on any atom is 0.233 e. The zero-order chi connectivity index (χ0) is 16.1. The number of hydrogen-bond donors (Lipinski definition) is 0. The molecule has 1 aliphatic heterocycles. The molecule has 0 aliphatic carbocycles. The third kappa shape index (κ3) is 4.54. The van der Waals surface area contributed by atoms with Crippen LogP contribution in [0.2, 0.25) is 0 Å². The van der Waals surface area contributed by atoms with Crippen molar-refractivity contribution >= 4 is 29.0 Å². The largest absolute Gasteiger partial charge is 0.342 e. The molecule has 0 bridgehead atoms. The molecule has 0 unspecified atom stereocenters. The average molecular weight is 352 g/mol. The molecule has 1 fully saturated rings. The van der Waals surface area contributed by atoms with Crippen LogP contribution in [0.15, 0.2) is 22.7 Å². The van der Waals surface area contributed by atoms with Gasteiger partial charge in [0.25, 0.3) is 0 Å². The number of tetrazole rings is 1. The van der Waals surface area contributed by atoms with Crippen LogP contribution in [0.5, 0.6) is 0 Å². The Morgan fingerprint density at radius 1 is 1.52 bits per heavy atom. The van der Waals surface area contributed by atoms with E-state index in [9.17, 15) is 4.79 Å². The Labute approximate surface area is 144 Å². The van der Waals surface area contributed by atoms with E-state index in [2.05, 4.69) is 33.9 Å². The molecular weight excluding hydrogens is 330 g/mol. The van der Waals surface area contributed by atoms with Crippen LogP contribution in [-0.4, -0.2) is 49.9 Å². The molecule has 2 aromatic heterocycles. The second kappa shape index (κ2) is 7.92. The van der Waals surface area contributed by atoms with E-state index in [1.807, 2.05) is 11.0 Å². The van der Waals surface area contributed by atoms with Gasteiger partial charge in [-0.3, -0.25) is 4.79 Å². The van der Waals surface area contributed by atoms with Gasteiger partial charge in [0.05, 0.1) is 12.3 Å². The molecule has 6 nitrogen and oxygen atoms in total. The molecule has 2 aromatic rings. The van der Waals surface area contributed by atoms with Crippen molar-refractivity contribution in [2.45, 2.75) is 37.9 Å². The number of aryl methyl sites for hydroxylation is 2. The van der Waals surface area contributed by atoms with Crippen molar-refractivity contribution in [1.29, 1.82) is 0 Å². The fourth-order valence-electron chi connectivity index (χ4n) is 2.74. The van der Waals surface area contributed by atoms with Crippen LogP contribution in [0.25, 0.3) is 0 Å². The summed E-state index contributed by atoms with van der Waals surface area (Å²) in [6, 6.07) is 4.16. The Bertz CT molecular complexity index is 628. The van der Waals surface area contributed by atoms with Crippen LogP contribution in [0, 0.1) is 5.92 Å². The van der Waals surface area contributed by atoms with Crippen LogP contribution in [-0.2, 0) is 17.8 Å². The van der Waals surface area contributed by atoms with Crippen molar-refractivity contribution in [3.8, 4) is 0 Å². The lowest BCUT2D eigenvalue weighted by atomic mass is 10.0. The standard InChI is InChI=1S/C15H21N5OS2/c1-12-4-2-7-19(10-12)14(21)11-23-15-16-17-18-20(15)8-6-13-5-3-9-22-13/h3,5,9,12H,2,4,6-8,10-11H2,1H3/t12-/m1/s1. The maximum absolute atomic E-state index is 12.3. The predicted octanol–water partition coefficient (Wildman–Crippen LogP) is 2.33. The van der Waals surface area contributed by atoms with E-state index in [1.54, 1.807) is 16.0 Å². The van der Waals surface area contributed by atoms with Crippen LogP contribution in [0.1, 0.15) is 24.6 Å². The van der Waals surface area contributed by atoms with Gasteiger partial charge in [0.1, 0.15) is 0 Å². The Kier molecular flexibility index (Phi) is 5.66. The first-order valence-electron chi connectivity index (χ1n) is 7.91. The van der Waals surface area contributed by atoms with E-state index >= 15 is 0 Å². The van der Waals surface area contributed by atoms with E-state index in [-0.39, 0.29) is 5.91 Å². The van der Waals surface area contributed by atoms with Gasteiger partial charge in [0.15, 0.2) is 0 Å². The van der Waals surface area contributed by atoms with Crippen molar-refractivity contribution in [1.82, 2.24) is 25.1 Å². The normalized spacial score (nSPS) is 18.3. The third-order valence-corrected chi connectivity index (χ3v) is 5.86. The summed E-state index contributed by atoms with van der Waals surface area (Å²) in [6.07, 6.45) is 3.24. The minimum atomic E-state index is 0.189. The molecule has 8 heteroatoms. The quantitative estimate of drug-likeness (QED) is 0.748. The predicted molar refractivity (Wildman–Crippen MR) is 91.5 cm³/mol. The second-order valence-corrected chi connectivity index (χ2v) is 7.86. The summed E-state index contributed by atoms with van der Waals surface area (Å²) in [5.74, 6) is 1.20. The summed E-state index contributed by atoms with van der Waals surface area (Å²) in [6.45, 7) is 4.71. The molecule has 1 saturated heterocycles. The van der Waals surface area contributed by atoms with Crippen molar-refractivity contribution < 1.29 is 4.79 Å². The highest BCUT2D eigenvalue weighted by Gasteiger charge is 2.21. The summed E-state index contributed by atoms with van der Waals surface area (Å²) >= 11 is 3.17. The van der Waals surface area contributed by atoms with Crippen LogP contribution in [0.4, 0.5) is 0 Å². The topological polar surface area (TPSA) is 63.9 Å². The first-order chi connectivity index (χ1) is 11.2. The second-order valence-electron chi connectivity index (χ2n) is 5.89. The molecule has 0 saturated carbocycles. The summed E-state index contributed by atoms with van der Waals surface area (Å²) in [5, 5.41) is 14.6. The summed E-state index contributed by atoms with van der Waals surface area (Å²) in [7, 11) is 0. The lowest BCUT2D eigenvalue weighted by Gasteiger charge is -2.30. The van der Waals surface area contributed by atoms with Gasteiger partial charge in [-0.15, -0.1) is 16.4 Å². The van der Waals surface area contributed by atoms with Gasteiger partial charge < -0.3 is 4.90 Å². The first kappa shape index (κ1) is 16.4. The molecule has 1 atom stereocenters. The number of piperidine rings is 1. The lowest BCUT2D eigenvalue weighted by molar-refractivity contribution is -0.130. The maximum atomic E-state index is 12.3. The number of amides is 1. The van der Waals surface area contributed by atoms with E-state index in [0.29, 0.717) is 11.7 Å². The smallest absolute Gasteiger partial charge is 0.233 e. The minimum absolute atomic E-state index is 0.189. The van der Waals surface area contributed by atoms with E-state index < -0.39 is 0 Å². The fourth-order valence-corrected chi connectivity index (χ4v) is 4.25. The molecule has 0 aromatic carbocycles. The number of rotatable bonds is 6. The number of carbonyl (C=O) groups excluding carboxylic acids is 1. The van der Waals surface area contributed by atoms with Gasteiger partial charge in [-0.1, -0.05) is 24.8 Å². The summed E-state index contributed by atoms with van der Waals surface area (Å²) < 4.78 is 1.79. The van der Waals surface area contributed by atoms with Crippen molar-refractivity contribution in [2.24, 2.45) is 5.92 Å². The number of carbonyl (C=O) groups is 1. The molecule has 23 heavy (non-hydrogen) atoms. The Morgan fingerprint density at radius 2 is 2.43 bits per heavy atom. The summed E-state index contributed by atoms with van der Waals surface area (Å²) in [4.78, 5) is 15.6. The third-order valence-electron chi connectivity index (χ3n) is 3.98. The summed E-state index contributed by atoms with van der Waals surface area (Å²) in [5.41, 5.74) is 0. The van der Waals surface area contributed by atoms with Crippen LogP contribution >= 0.6 is 23.1 Å². The zero-order valence-corrected chi connectivity index (χ0v) is 14.9. The molecule has 3 rings (SSSR count). The Balaban J connectivity index is 1.50. The Morgan fingerprint density at radius 3 is 3.22 bits per heavy atom. The van der Waals surface area contributed by atoms with E-state index in [1.165, 1.54) is 23.1 Å². The van der Waals surface area contributed by atoms with E-state index in [4.69, 9.17) is 0 Å². The number of nitrogens with zero attached hydrogens (tertiary/aromatic N) is 5. The minimum Gasteiger partial charge on any atom is -0.342 e. The average Bonchev–Trinajstić information content (AvgIpc) is 3.22. The molecule has 1 amide bonds. The number of thioether (sulfide) groups is 1. The molecule has 3 heterocycles. The van der Waals surface area contributed by atoms with Gasteiger partial charge in [0.2, 0.25) is 11.1 Å². The molecule has 124 valence electrons. The monoisotopic (exact) mass is 351 g/mol. The number of likely N-dealkylation sites (tertiary alicyclic amines) is 1. The fraction of sp³-hybridized carbons (Fsp3) is 0.600. The first-order valence-corrected chi connectivity index (χ1v) is 9.78. The van der Waals surface area contributed by atoms with Gasteiger partial charge in [0, 0.05) is 24.4 Å². The Hall–Kier alpha value is -1.41. The number of thiophene rings is 1. The van der Waals surface area contributed by atoms with Gasteiger partial charge in [-0.05, 0) is 40.6 Å². The number of hydrogen-bond acceptors (Lipinski definition) is 6. The SMILES string of the molecule is C[C@@H]1CCCN(C(=O)CSc2nnnn2CCc2cccs2)C1. The van der Waals surface area contributed by atoms with Crippen LogP contribution < -0.4 is 0 Å². The zero-order valence-electron chi connectivity index (χ0n) is 13.2. The van der Waals surface area contributed by atoms with Crippen molar-refractivity contribution in [2.75, 3.05) is 18.8 Å². The molecular formula is C15H21N5OS2. The highest BCUT2D eigenvalue weighted by Crippen LogP contribution is 2.19. The molecule has 0 N–H and O–H groups in total. The molecule has 1 aliphatic rings. The highest BCUT2D eigenvalue weighted by atomic mass is 32.2.